The molecule has 108 valence electrons. The lowest BCUT2D eigenvalue weighted by molar-refractivity contribution is -0.387. The molecular weight excluding hydrogens is 284 g/mol. The number of nitro benzene ring substituents is 1. The molecule has 0 aliphatic heterocycles. The minimum Gasteiger partial charge on any atom is -0.454 e. The Labute approximate surface area is 117 Å². The third kappa shape index (κ3) is 3.11. The van der Waals surface area contributed by atoms with Gasteiger partial charge in [0.25, 0.3) is 0 Å². The second kappa shape index (κ2) is 5.53. The van der Waals surface area contributed by atoms with Gasteiger partial charge in [0.1, 0.15) is 11.6 Å². The predicted octanol–water partition coefficient (Wildman–Crippen LogP) is 2.95. The van der Waals surface area contributed by atoms with E-state index in [1.54, 1.807) is 0 Å². The number of benzene rings is 2. The van der Waals surface area contributed by atoms with E-state index in [0.29, 0.717) is 17.7 Å². The highest BCUT2D eigenvalue weighted by molar-refractivity contribution is 5.94. The van der Waals surface area contributed by atoms with Gasteiger partial charge in [0.2, 0.25) is 5.82 Å². The summed E-state index contributed by atoms with van der Waals surface area (Å²) < 4.78 is 32.2. The fourth-order valence-electron chi connectivity index (χ4n) is 1.57. The number of nitrogens with two attached hydrogens (primary N) is 1. The monoisotopic (exact) mass is 293 g/mol. The molecular formula is C13H9F2N3O3. The number of rotatable bonds is 4. The zero-order valence-corrected chi connectivity index (χ0v) is 10.5. The molecule has 0 heterocycles. The van der Waals surface area contributed by atoms with E-state index in [4.69, 9.17) is 15.9 Å². The van der Waals surface area contributed by atoms with Crippen LogP contribution in [-0.4, -0.2) is 10.8 Å². The summed E-state index contributed by atoms with van der Waals surface area (Å²) in [5.41, 5.74) is 4.75. The lowest BCUT2D eigenvalue weighted by Crippen LogP contribution is -2.10. The van der Waals surface area contributed by atoms with Gasteiger partial charge >= 0.3 is 5.69 Å². The molecule has 0 unspecified atom stereocenters. The van der Waals surface area contributed by atoms with Gasteiger partial charge < -0.3 is 10.5 Å². The quantitative estimate of drug-likeness (QED) is 0.391. The number of ether oxygens (including phenoxy) is 1. The first-order chi connectivity index (χ1) is 9.88. The molecule has 3 N–H and O–H groups in total. The Morgan fingerprint density at radius 3 is 2.33 bits per heavy atom. The van der Waals surface area contributed by atoms with Crippen molar-refractivity contribution in [1.29, 1.82) is 5.41 Å². The Hall–Kier alpha value is -3.03. The minimum absolute atomic E-state index is 0.144. The van der Waals surface area contributed by atoms with Gasteiger partial charge in [-0.25, -0.2) is 4.39 Å². The first kappa shape index (κ1) is 14.4. The van der Waals surface area contributed by atoms with Crippen LogP contribution >= 0.6 is 0 Å². The normalized spacial score (nSPS) is 10.2. The van der Waals surface area contributed by atoms with E-state index in [0.717, 1.165) is 0 Å². The molecule has 0 spiro atoms. The van der Waals surface area contributed by atoms with Gasteiger partial charge in [-0.2, -0.15) is 4.39 Å². The van der Waals surface area contributed by atoms with Crippen molar-refractivity contribution in [3.8, 4) is 11.5 Å². The number of amidine groups is 1. The molecule has 0 aliphatic rings. The van der Waals surface area contributed by atoms with Crippen molar-refractivity contribution >= 4 is 11.5 Å². The lowest BCUT2D eigenvalue weighted by atomic mass is 10.2. The number of nitrogen functional groups attached to an aromatic ring is 1. The fraction of sp³-hybridized carbons (Fsp3) is 0. The molecule has 0 aliphatic carbocycles. The Bertz CT molecular complexity index is 717. The summed E-state index contributed by atoms with van der Waals surface area (Å²) in [6.45, 7) is 0. The molecule has 0 atom stereocenters. The van der Waals surface area contributed by atoms with Crippen LogP contribution in [0.25, 0.3) is 0 Å². The fourth-order valence-corrected chi connectivity index (χ4v) is 1.57. The van der Waals surface area contributed by atoms with Crippen LogP contribution in [-0.2, 0) is 0 Å². The SMILES string of the molecule is N=C(N)c1ccc(Oc2cc(F)c([N+](=O)[O-])cc2F)cc1. The van der Waals surface area contributed by atoms with Gasteiger partial charge in [0, 0.05) is 11.6 Å². The third-order valence-corrected chi connectivity index (χ3v) is 2.59. The molecule has 0 bridgehead atoms. The number of halogens is 2. The average molecular weight is 293 g/mol. The molecule has 6 nitrogen and oxygen atoms in total. The number of hydrogen-bond donors (Lipinski definition) is 2. The van der Waals surface area contributed by atoms with Gasteiger partial charge in [-0.1, -0.05) is 0 Å². The van der Waals surface area contributed by atoms with E-state index in [1.807, 2.05) is 0 Å². The maximum atomic E-state index is 13.6. The van der Waals surface area contributed by atoms with Gasteiger partial charge in [-0.15, -0.1) is 0 Å². The summed E-state index contributed by atoms with van der Waals surface area (Å²) in [5, 5.41) is 17.7. The van der Waals surface area contributed by atoms with Crippen LogP contribution < -0.4 is 10.5 Å². The van der Waals surface area contributed by atoms with Crippen molar-refractivity contribution in [1.82, 2.24) is 0 Å². The van der Waals surface area contributed by atoms with E-state index >= 15 is 0 Å². The summed E-state index contributed by atoms with van der Waals surface area (Å²) in [7, 11) is 0. The lowest BCUT2D eigenvalue weighted by Gasteiger charge is -2.07. The molecule has 8 heteroatoms. The first-order valence-electron chi connectivity index (χ1n) is 5.64. The summed E-state index contributed by atoms with van der Waals surface area (Å²) in [6.07, 6.45) is 0. The molecule has 2 rings (SSSR count). The summed E-state index contributed by atoms with van der Waals surface area (Å²) in [6, 6.07) is 6.82. The topological polar surface area (TPSA) is 102 Å². The minimum atomic E-state index is -1.20. The van der Waals surface area contributed by atoms with Crippen molar-refractivity contribution in [2.45, 2.75) is 0 Å². The van der Waals surface area contributed by atoms with E-state index in [9.17, 15) is 18.9 Å². The van der Waals surface area contributed by atoms with Crippen LogP contribution in [0.15, 0.2) is 36.4 Å². The van der Waals surface area contributed by atoms with E-state index < -0.39 is 28.0 Å². The van der Waals surface area contributed by atoms with Crippen molar-refractivity contribution in [2.24, 2.45) is 5.73 Å². The molecule has 2 aromatic carbocycles. The maximum Gasteiger partial charge on any atom is 0.307 e. The number of nitrogens with one attached hydrogen (secondary N) is 1. The van der Waals surface area contributed by atoms with E-state index in [2.05, 4.69) is 0 Å². The number of nitrogens with zero attached hydrogens (tertiary/aromatic N) is 1. The molecule has 0 saturated carbocycles. The summed E-state index contributed by atoms with van der Waals surface area (Å²) >= 11 is 0. The Kier molecular flexibility index (Phi) is 3.79. The molecule has 0 amide bonds. The molecule has 0 saturated heterocycles. The number of nitro groups is 1. The second-order valence-electron chi connectivity index (χ2n) is 4.03. The number of hydrogen-bond acceptors (Lipinski definition) is 4. The van der Waals surface area contributed by atoms with E-state index in [-0.39, 0.29) is 11.6 Å². The molecule has 21 heavy (non-hydrogen) atoms. The predicted molar refractivity (Wildman–Crippen MR) is 70.5 cm³/mol. The van der Waals surface area contributed by atoms with Crippen molar-refractivity contribution in [2.75, 3.05) is 0 Å². The summed E-state index contributed by atoms with van der Waals surface area (Å²) in [5.74, 6) is -2.70. The largest absolute Gasteiger partial charge is 0.454 e. The zero-order chi connectivity index (χ0) is 15.6. The third-order valence-electron chi connectivity index (χ3n) is 2.59. The smallest absolute Gasteiger partial charge is 0.307 e. The van der Waals surface area contributed by atoms with Crippen LogP contribution in [0.1, 0.15) is 5.56 Å². The highest BCUT2D eigenvalue weighted by Gasteiger charge is 2.19. The molecule has 2 aromatic rings. The van der Waals surface area contributed by atoms with Gasteiger partial charge in [0.15, 0.2) is 11.6 Å². The van der Waals surface area contributed by atoms with Crippen LogP contribution in [0, 0.1) is 27.2 Å². The molecule has 0 aromatic heterocycles. The van der Waals surface area contributed by atoms with Crippen LogP contribution in [0.5, 0.6) is 11.5 Å². The van der Waals surface area contributed by atoms with Crippen molar-refractivity contribution < 1.29 is 18.4 Å². The highest BCUT2D eigenvalue weighted by Crippen LogP contribution is 2.30. The Morgan fingerprint density at radius 2 is 1.81 bits per heavy atom. The van der Waals surface area contributed by atoms with Crippen molar-refractivity contribution in [3.05, 3.63) is 63.7 Å². The van der Waals surface area contributed by atoms with Crippen LogP contribution in [0.2, 0.25) is 0 Å². The van der Waals surface area contributed by atoms with Gasteiger partial charge in [0.05, 0.1) is 11.0 Å². The maximum absolute atomic E-state index is 13.6. The van der Waals surface area contributed by atoms with Gasteiger partial charge in [-0.05, 0) is 24.3 Å². The van der Waals surface area contributed by atoms with E-state index in [1.165, 1.54) is 24.3 Å². The molecule has 0 fully saturated rings. The average Bonchev–Trinajstić information content (AvgIpc) is 2.42. The Morgan fingerprint density at radius 1 is 1.19 bits per heavy atom. The standard InChI is InChI=1S/C13H9F2N3O3/c14-9-6-12(10(15)5-11(9)18(19)20)21-8-3-1-7(2-4-8)13(16)17/h1-6H,(H3,16,17). The van der Waals surface area contributed by atoms with Crippen LogP contribution in [0.3, 0.4) is 0 Å². The van der Waals surface area contributed by atoms with Gasteiger partial charge in [-0.3, -0.25) is 15.5 Å². The molecule has 0 radical (unpaired) electrons. The van der Waals surface area contributed by atoms with Crippen LogP contribution in [0.4, 0.5) is 14.5 Å². The first-order valence-corrected chi connectivity index (χ1v) is 5.64. The Balaban J connectivity index is 2.29. The zero-order valence-electron chi connectivity index (χ0n) is 10.5. The van der Waals surface area contributed by atoms with Crippen molar-refractivity contribution in [3.63, 3.8) is 0 Å². The highest BCUT2D eigenvalue weighted by atomic mass is 19.1. The summed E-state index contributed by atoms with van der Waals surface area (Å²) in [4.78, 5) is 9.45. The second-order valence-corrected chi connectivity index (χ2v) is 4.03.